The third kappa shape index (κ3) is 4.06. The van der Waals surface area contributed by atoms with E-state index in [1.54, 1.807) is 0 Å². The van der Waals surface area contributed by atoms with Crippen LogP contribution in [0.4, 0.5) is 0 Å². The van der Waals surface area contributed by atoms with Gasteiger partial charge in [-0.3, -0.25) is 9.13 Å². The van der Waals surface area contributed by atoms with Crippen molar-refractivity contribution in [3.05, 3.63) is 182 Å². The molecule has 10 aromatic rings. The van der Waals surface area contributed by atoms with Crippen molar-refractivity contribution in [1.29, 1.82) is 0 Å². The zero-order valence-corrected chi connectivity index (χ0v) is 27.6. The van der Waals surface area contributed by atoms with Gasteiger partial charge in [0, 0.05) is 38.0 Å². The van der Waals surface area contributed by atoms with Gasteiger partial charge in [-0.25, -0.2) is 4.98 Å². The molecular formula is C46H31N5. The van der Waals surface area contributed by atoms with E-state index in [2.05, 4.69) is 195 Å². The van der Waals surface area contributed by atoms with E-state index in [1.807, 2.05) is 0 Å². The molecule has 0 amide bonds. The number of dihydropyridines is 1. The average molecular weight is 654 g/mol. The second kappa shape index (κ2) is 10.8. The van der Waals surface area contributed by atoms with Gasteiger partial charge in [-0.15, -0.1) is 0 Å². The minimum absolute atomic E-state index is 0.117. The van der Waals surface area contributed by atoms with Crippen LogP contribution in [0.15, 0.2) is 176 Å². The Morgan fingerprint density at radius 1 is 0.451 bits per heavy atom. The summed E-state index contributed by atoms with van der Waals surface area (Å²) >= 11 is 0. The number of nitrogens with one attached hydrogen (secondary N) is 1. The van der Waals surface area contributed by atoms with Gasteiger partial charge >= 0.3 is 0 Å². The Kier molecular flexibility index (Phi) is 5.95. The van der Waals surface area contributed by atoms with Crippen molar-refractivity contribution in [2.45, 2.75) is 6.04 Å². The molecule has 5 heteroatoms. The molecule has 11 rings (SSSR count). The molecule has 6 aromatic carbocycles. The standard InChI is InChI=1S/C46H31N5/c1-2-14-30(15-3-1)49-38-22-8-6-18-33(38)34-28-29-42-45(46(34)49)35-19-7-11-25-41(35)51(42)44-27-13-21-37(48-44)36-20-12-26-43(47-36)50-39-23-9-4-16-31(39)32-17-5-10-24-40(32)50/h1-29,37,48H. The summed E-state index contributed by atoms with van der Waals surface area (Å²) < 4.78 is 7.09. The third-order valence-electron chi connectivity index (χ3n) is 10.5. The molecule has 1 N–H and O–H groups in total. The molecule has 240 valence electrons. The molecule has 0 radical (unpaired) electrons. The Balaban J connectivity index is 1.08. The Bertz CT molecular complexity index is 3010. The molecule has 1 unspecified atom stereocenters. The van der Waals surface area contributed by atoms with Gasteiger partial charge < -0.3 is 9.88 Å². The lowest BCUT2D eigenvalue weighted by molar-refractivity contribution is 0.710. The van der Waals surface area contributed by atoms with Crippen LogP contribution in [0.5, 0.6) is 0 Å². The smallest absolute Gasteiger partial charge is 0.137 e. The fourth-order valence-corrected chi connectivity index (χ4v) is 8.35. The predicted octanol–water partition coefficient (Wildman–Crippen LogP) is 11.1. The lowest BCUT2D eigenvalue weighted by Crippen LogP contribution is -2.24. The Morgan fingerprint density at radius 2 is 1.04 bits per heavy atom. The Morgan fingerprint density at radius 3 is 1.75 bits per heavy atom. The number of para-hydroxylation sites is 5. The number of pyridine rings is 1. The maximum absolute atomic E-state index is 5.30. The van der Waals surface area contributed by atoms with Gasteiger partial charge in [0.05, 0.1) is 44.8 Å². The van der Waals surface area contributed by atoms with Crippen LogP contribution >= 0.6 is 0 Å². The van der Waals surface area contributed by atoms with Gasteiger partial charge in [0.25, 0.3) is 0 Å². The predicted molar refractivity (Wildman–Crippen MR) is 212 cm³/mol. The van der Waals surface area contributed by atoms with Crippen LogP contribution in [0.2, 0.25) is 0 Å². The zero-order chi connectivity index (χ0) is 33.5. The number of fused-ring (bicyclic) bond motifs is 10. The fraction of sp³-hybridized carbons (Fsp3) is 0.0217. The number of benzene rings is 6. The lowest BCUT2D eigenvalue weighted by Gasteiger charge is -2.24. The highest BCUT2D eigenvalue weighted by Gasteiger charge is 2.23. The van der Waals surface area contributed by atoms with Gasteiger partial charge in [0.15, 0.2) is 0 Å². The van der Waals surface area contributed by atoms with Crippen LogP contribution in [0.3, 0.4) is 0 Å². The van der Waals surface area contributed by atoms with E-state index in [1.165, 1.54) is 43.4 Å². The number of rotatable bonds is 4. The Hall–Kier alpha value is -6.85. The quantitative estimate of drug-likeness (QED) is 0.205. The van der Waals surface area contributed by atoms with Crippen molar-refractivity contribution >= 4 is 71.2 Å². The van der Waals surface area contributed by atoms with Crippen LogP contribution in [0.25, 0.3) is 82.7 Å². The minimum atomic E-state index is -0.117. The summed E-state index contributed by atoms with van der Waals surface area (Å²) in [5, 5.41) is 11.3. The molecule has 1 aliphatic heterocycles. The molecular weight excluding hydrogens is 623 g/mol. The summed E-state index contributed by atoms with van der Waals surface area (Å²) in [6.07, 6.45) is 6.53. The summed E-state index contributed by atoms with van der Waals surface area (Å²) in [5.41, 5.74) is 9.16. The van der Waals surface area contributed by atoms with Crippen molar-refractivity contribution in [1.82, 2.24) is 24.0 Å². The summed E-state index contributed by atoms with van der Waals surface area (Å²) in [6.45, 7) is 0. The van der Waals surface area contributed by atoms with E-state index < -0.39 is 0 Å². The number of allylic oxidation sites excluding steroid dienone is 2. The second-order valence-electron chi connectivity index (χ2n) is 13.2. The van der Waals surface area contributed by atoms with Crippen LogP contribution in [0, 0.1) is 0 Å². The molecule has 4 aromatic heterocycles. The first-order valence-electron chi connectivity index (χ1n) is 17.5. The normalized spacial score (nSPS) is 14.7. The summed E-state index contributed by atoms with van der Waals surface area (Å²) in [7, 11) is 0. The van der Waals surface area contributed by atoms with Crippen LogP contribution in [-0.4, -0.2) is 18.7 Å². The van der Waals surface area contributed by atoms with Gasteiger partial charge in [-0.2, -0.15) is 0 Å². The van der Waals surface area contributed by atoms with Crippen LogP contribution in [-0.2, 0) is 0 Å². The summed E-state index contributed by atoms with van der Waals surface area (Å²) in [4.78, 5) is 5.30. The van der Waals surface area contributed by atoms with E-state index >= 15 is 0 Å². The van der Waals surface area contributed by atoms with Crippen molar-refractivity contribution < 1.29 is 0 Å². The number of aromatic nitrogens is 4. The third-order valence-corrected chi connectivity index (χ3v) is 10.5. The second-order valence-corrected chi connectivity index (χ2v) is 13.2. The van der Waals surface area contributed by atoms with Gasteiger partial charge in [0.1, 0.15) is 11.6 Å². The van der Waals surface area contributed by atoms with Crippen molar-refractivity contribution in [2.24, 2.45) is 0 Å². The molecule has 0 spiro atoms. The fourth-order valence-electron chi connectivity index (χ4n) is 8.35. The van der Waals surface area contributed by atoms with E-state index in [9.17, 15) is 0 Å². The van der Waals surface area contributed by atoms with Crippen LogP contribution in [0.1, 0.15) is 11.7 Å². The minimum Gasteiger partial charge on any atom is -0.359 e. The van der Waals surface area contributed by atoms with Crippen molar-refractivity contribution in [2.75, 3.05) is 0 Å². The van der Waals surface area contributed by atoms with Gasteiger partial charge in [-0.05, 0) is 60.7 Å². The van der Waals surface area contributed by atoms with Crippen molar-refractivity contribution in [3.63, 3.8) is 0 Å². The molecule has 1 aliphatic rings. The lowest BCUT2D eigenvalue weighted by atomic mass is 10.1. The maximum Gasteiger partial charge on any atom is 0.137 e. The maximum atomic E-state index is 5.30. The first-order valence-corrected chi connectivity index (χ1v) is 17.5. The molecule has 0 fully saturated rings. The molecule has 1 atom stereocenters. The number of hydrogen-bond acceptors (Lipinski definition) is 2. The largest absolute Gasteiger partial charge is 0.359 e. The molecule has 0 bridgehead atoms. The van der Waals surface area contributed by atoms with E-state index in [-0.39, 0.29) is 6.04 Å². The highest BCUT2D eigenvalue weighted by atomic mass is 15.2. The first-order chi connectivity index (χ1) is 25.3. The zero-order valence-electron chi connectivity index (χ0n) is 27.6. The molecule has 51 heavy (non-hydrogen) atoms. The molecule has 0 saturated heterocycles. The first kappa shape index (κ1) is 28.0. The number of nitrogens with zero attached hydrogens (tertiary/aromatic N) is 4. The molecule has 5 nitrogen and oxygen atoms in total. The summed E-state index contributed by atoms with van der Waals surface area (Å²) in [6, 6.07) is 56.2. The van der Waals surface area contributed by atoms with Crippen LogP contribution < -0.4 is 5.32 Å². The topological polar surface area (TPSA) is 39.7 Å². The highest BCUT2D eigenvalue weighted by Crippen LogP contribution is 2.42. The Labute approximate surface area is 293 Å². The highest BCUT2D eigenvalue weighted by molar-refractivity contribution is 6.26. The van der Waals surface area contributed by atoms with Crippen molar-refractivity contribution in [3.8, 4) is 11.5 Å². The SMILES string of the molecule is C1=CC(c2cccc(-n3c4ccccc4c4ccccc43)n2)NC(n2c3ccccc3c3c2ccc2c4ccccc4n(-c4ccccc4)c23)=C1. The molecule has 0 aliphatic carbocycles. The van der Waals surface area contributed by atoms with Gasteiger partial charge in [0.2, 0.25) is 0 Å². The molecule has 0 saturated carbocycles. The van der Waals surface area contributed by atoms with Gasteiger partial charge in [-0.1, -0.05) is 115 Å². The van der Waals surface area contributed by atoms with E-state index in [0.29, 0.717) is 0 Å². The summed E-state index contributed by atoms with van der Waals surface area (Å²) in [5.74, 6) is 1.92. The molecule has 5 heterocycles. The number of hydrogen-bond donors (Lipinski definition) is 1. The average Bonchev–Trinajstić information content (AvgIpc) is 3.84. The monoisotopic (exact) mass is 653 g/mol. The van der Waals surface area contributed by atoms with E-state index in [0.717, 1.165) is 45.1 Å². The van der Waals surface area contributed by atoms with E-state index in [4.69, 9.17) is 4.98 Å².